The van der Waals surface area contributed by atoms with Crippen molar-refractivity contribution in [3.8, 4) is 0 Å². The van der Waals surface area contributed by atoms with Crippen LogP contribution in [0.15, 0.2) is 54.7 Å². The molecule has 0 bridgehead atoms. The molecule has 0 saturated carbocycles. The van der Waals surface area contributed by atoms with Gasteiger partial charge in [0.15, 0.2) is 0 Å². The second-order valence-corrected chi connectivity index (χ2v) is 7.85. The van der Waals surface area contributed by atoms with E-state index in [2.05, 4.69) is 10.6 Å². The van der Waals surface area contributed by atoms with Crippen LogP contribution in [-0.4, -0.2) is 59.4 Å². The molecule has 0 aliphatic rings. The van der Waals surface area contributed by atoms with E-state index in [9.17, 15) is 14.4 Å². The molecule has 0 spiro atoms. The summed E-state index contributed by atoms with van der Waals surface area (Å²) in [5, 5.41) is 6.46. The number of amides is 4. The van der Waals surface area contributed by atoms with Crippen LogP contribution >= 0.6 is 0 Å². The number of likely N-dealkylation sites (N-methyl/N-ethyl adjacent to an activating group) is 1. The smallest absolute Gasteiger partial charge is 0.321 e. The minimum absolute atomic E-state index is 0.0832. The van der Waals surface area contributed by atoms with Crippen molar-refractivity contribution in [3.05, 3.63) is 65.9 Å². The van der Waals surface area contributed by atoms with Crippen LogP contribution in [0.4, 0.5) is 10.5 Å². The maximum Gasteiger partial charge on any atom is 0.321 e. The van der Waals surface area contributed by atoms with E-state index in [1.165, 1.54) is 0 Å². The number of hydrogen-bond donors (Lipinski definition) is 2. The molecule has 2 aromatic carbocycles. The van der Waals surface area contributed by atoms with Crippen molar-refractivity contribution in [3.63, 3.8) is 0 Å². The summed E-state index contributed by atoms with van der Waals surface area (Å²) in [6.07, 6.45) is 1.90. The van der Waals surface area contributed by atoms with E-state index in [0.717, 1.165) is 16.5 Å². The van der Waals surface area contributed by atoms with Gasteiger partial charge in [-0.1, -0.05) is 12.1 Å². The summed E-state index contributed by atoms with van der Waals surface area (Å²) < 4.78 is 1.93. The molecule has 0 radical (unpaired) electrons. The molecule has 0 fully saturated rings. The van der Waals surface area contributed by atoms with E-state index in [1.807, 2.05) is 65.9 Å². The quantitative estimate of drug-likeness (QED) is 0.552. The molecule has 0 atom stereocenters. The van der Waals surface area contributed by atoms with Gasteiger partial charge in [-0.3, -0.25) is 9.59 Å². The van der Waals surface area contributed by atoms with E-state index in [0.29, 0.717) is 37.4 Å². The van der Waals surface area contributed by atoms with Crippen molar-refractivity contribution >= 4 is 34.4 Å². The van der Waals surface area contributed by atoms with Crippen molar-refractivity contribution in [1.82, 2.24) is 19.7 Å². The standard InChI is InChI=1S/C25H31N5O3/c1-5-29(6-2)23(31)17-30-14-13-20-15-21(11-12-22(20)30)27-25(33)28(4)16-18-7-9-19(10-8-18)24(32)26-3/h7-15H,5-6,16-17H2,1-4H3,(H,26,32)(H,27,33). The molecular weight excluding hydrogens is 418 g/mol. The molecule has 0 aliphatic carbocycles. The van der Waals surface area contributed by atoms with Crippen LogP contribution in [0.25, 0.3) is 10.9 Å². The molecule has 4 amide bonds. The number of nitrogens with one attached hydrogen (secondary N) is 2. The first-order valence-electron chi connectivity index (χ1n) is 11.1. The Labute approximate surface area is 194 Å². The molecular formula is C25H31N5O3. The van der Waals surface area contributed by atoms with Crippen LogP contribution in [0.3, 0.4) is 0 Å². The third-order valence-corrected chi connectivity index (χ3v) is 5.65. The van der Waals surface area contributed by atoms with Crippen molar-refractivity contribution in [2.75, 3.05) is 32.5 Å². The number of nitrogens with zero attached hydrogens (tertiary/aromatic N) is 3. The van der Waals surface area contributed by atoms with E-state index in [1.54, 1.807) is 31.1 Å². The summed E-state index contributed by atoms with van der Waals surface area (Å²) in [6, 6.07) is 14.5. The molecule has 2 N–H and O–H groups in total. The fraction of sp³-hybridized carbons (Fsp3) is 0.320. The summed E-state index contributed by atoms with van der Waals surface area (Å²) >= 11 is 0. The molecule has 174 valence electrons. The van der Waals surface area contributed by atoms with Gasteiger partial charge in [0.2, 0.25) is 5.91 Å². The molecule has 8 nitrogen and oxygen atoms in total. The molecule has 1 heterocycles. The number of benzene rings is 2. The van der Waals surface area contributed by atoms with Crippen LogP contribution in [0.1, 0.15) is 29.8 Å². The molecule has 1 aromatic heterocycles. The predicted molar refractivity (Wildman–Crippen MR) is 130 cm³/mol. The van der Waals surface area contributed by atoms with Crippen LogP contribution in [0.5, 0.6) is 0 Å². The third-order valence-electron chi connectivity index (χ3n) is 5.65. The monoisotopic (exact) mass is 449 g/mol. The lowest BCUT2D eigenvalue weighted by Crippen LogP contribution is -2.33. The third kappa shape index (κ3) is 5.71. The lowest BCUT2D eigenvalue weighted by atomic mass is 10.1. The first-order valence-corrected chi connectivity index (χ1v) is 11.1. The fourth-order valence-corrected chi connectivity index (χ4v) is 3.71. The lowest BCUT2D eigenvalue weighted by molar-refractivity contribution is -0.131. The average molecular weight is 450 g/mol. The number of hydrogen-bond acceptors (Lipinski definition) is 3. The molecule has 8 heteroatoms. The molecule has 3 rings (SSSR count). The van der Waals surface area contributed by atoms with Gasteiger partial charge in [-0.05, 0) is 55.8 Å². The normalized spacial score (nSPS) is 10.7. The highest BCUT2D eigenvalue weighted by atomic mass is 16.2. The Bertz CT molecular complexity index is 1130. The Hall–Kier alpha value is -3.81. The lowest BCUT2D eigenvalue weighted by Gasteiger charge is -2.19. The van der Waals surface area contributed by atoms with E-state index in [4.69, 9.17) is 0 Å². The summed E-state index contributed by atoms with van der Waals surface area (Å²) in [6.45, 7) is 6.03. The second kappa shape index (κ2) is 10.7. The number of rotatable bonds is 8. The SMILES string of the molecule is CCN(CC)C(=O)Cn1ccc2cc(NC(=O)N(C)Cc3ccc(C(=O)NC)cc3)ccc21. The summed E-state index contributed by atoms with van der Waals surface area (Å²) in [7, 11) is 3.31. The van der Waals surface area contributed by atoms with E-state index in [-0.39, 0.29) is 17.8 Å². The summed E-state index contributed by atoms with van der Waals surface area (Å²) in [5.41, 5.74) is 3.12. The van der Waals surface area contributed by atoms with Crippen LogP contribution < -0.4 is 10.6 Å². The molecule has 0 aliphatic heterocycles. The Kier molecular flexibility index (Phi) is 7.71. The second-order valence-electron chi connectivity index (χ2n) is 7.85. The minimum Gasteiger partial charge on any atom is -0.355 e. The van der Waals surface area contributed by atoms with Gasteiger partial charge in [0.05, 0.1) is 0 Å². The highest BCUT2D eigenvalue weighted by Crippen LogP contribution is 2.21. The molecule has 0 saturated heterocycles. The van der Waals surface area contributed by atoms with Gasteiger partial charge in [-0.2, -0.15) is 0 Å². The van der Waals surface area contributed by atoms with Crippen molar-refractivity contribution in [1.29, 1.82) is 0 Å². The van der Waals surface area contributed by atoms with Gasteiger partial charge in [0, 0.05) is 62.1 Å². The number of fused-ring (bicyclic) bond motifs is 1. The molecule has 0 unspecified atom stereocenters. The average Bonchev–Trinajstić information content (AvgIpc) is 3.21. The zero-order valence-corrected chi connectivity index (χ0v) is 19.6. The summed E-state index contributed by atoms with van der Waals surface area (Å²) in [5.74, 6) is -0.0610. The maximum atomic E-state index is 12.7. The number of anilines is 1. The van der Waals surface area contributed by atoms with E-state index < -0.39 is 0 Å². The largest absolute Gasteiger partial charge is 0.355 e. The Morgan fingerprint density at radius 1 is 0.970 bits per heavy atom. The van der Waals surface area contributed by atoms with Gasteiger partial charge in [0.1, 0.15) is 6.54 Å². The highest BCUT2D eigenvalue weighted by Gasteiger charge is 2.14. The van der Waals surface area contributed by atoms with Gasteiger partial charge in [-0.25, -0.2) is 4.79 Å². The Balaban J connectivity index is 1.63. The number of urea groups is 1. The topological polar surface area (TPSA) is 86.7 Å². The Morgan fingerprint density at radius 3 is 2.30 bits per heavy atom. The zero-order valence-electron chi connectivity index (χ0n) is 19.6. The molecule has 33 heavy (non-hydrogen) atoms. The van der Waals surface area contributed by atoms with Crippen LogP contribution in [-0.2, 0) is 17.9 Å². The number of carbonyl (C=O) groups is 3. The van der Waals surface area contributed by atoms with Gasteiger partial charge in [-0.15, -0.1) is 0 Å². The van der Waals surface area contributed by atoms with Gasteiger partial charge in [0.25, 0.3) is 5.91 Å². The number of aromatic nitrogens is 1. The highest BCUT2D eigenvalue weighted by molar-refractivity contribution is 5.94. The maximum absolute atomic E-state index is 12.7. The zero-order chi connectivity index (χ0) is 24.0. The fourth-order valence-electron chi connectivity index (χ4n) is 3.71. The van der Waals surface area contributed by atoms with Crippen molar-refractivity contribution in [2.24, 2.45) is 0 Å². The first kappa shape index (κ1) is 23.8. The van der Waals surface area contributed by atoms with Crippen molar-refractivity contribution < 1.29 is 14.4 Å². The first-order chi connectivity index (χ1) is 15.9. The van der Waals surface area contributed by atoms with Crippen molar-refractivity contribution in [2.45, 2.75) is 26.9 Å². The molecule has 3 aromatic rings. The Morgan fingerprint density at radius 2 is 1.67 bits per heavy atom. The van der Waals surface area contributed by atoms with Crippen LogP contribution in [0.2, 0.25) is 0 Å². The summed E-state index contributed by atoms with van der Waals surface area (Å²) in [4.78, 5) is 40.1. The van der Waals surface area contributed by atoms with Gasteiger partial charge >= 0.3 is 6.03 Å². The predicted octanol–water partition coefficient (Wildman–Crippen LogP) is 3.53. The van der Waals surface area contributed by atoms with E-state index >= 15 is 0 Å². The van der Waals surface area contributed by atoms with Crippen LogP contribution in [0, 0.1) is 0 Å². The number of carbonyl (C=O) groups excluding carboxylic acids is 3. The minimum atomic E-state index is -0.235. The van der Waals surface area contributed by atoms with Gasteiger partial charge < -0.3 is 25.0 Å².